The summed E-state index contributed by atoms with van der Waals surface area (Å²) in [5, 5.41) is 0. The molecule has 3 nitrogen and oxygen atoms in total. The smallest absolute Gasteiger partial charge is 0.235 e. The van der Waals surface area contributed by atoms with E-state index >= 15 is 0 Å². The zero-order chi connectivity index (χ0) is 15.4. The predicted octanol–water partition coefficient (Wildman–Crippen LogP) is 4.85. The Morgan fingerprint density at radius 2 is 1.86 bits per heavy atom. The van der Waals surface area contributed by atoms with Gasteiger partial charge in [-0.2, -0.15) is 4.99 Å². The molecule has 3 heteroatoms. The van der Waals surface area contributed by atoms with Crippen LogP contribution >= 0.6 is 0 Å². The first-order valence-electron chi connectivity index (χ1n) is 8.56. The van der Waals surface area contributed by atoms with Crippen LogP contribution in [-0.4, -0.2) is 13.2 Å². The van der Waals surface area contributed by atoms with Gasteiger partial charge < -0.3 is 4.74 Å². The Labute approximate surface area is 132 Å². The molecule has 1 aromatic carbocycles. The molecule has 0 aromatic heterocycles. The second-order valence-electron chi connectivity index (χ2n) is 6.73. The molecule has 0 N–H and O–H groups in total. The highest BCUT2D eigenvalue weighted by molar-refractivity contribution is 5.45. The molecule has 2 aliphatic rings. The van der Waals surface area contributed by atoms with Gasteiger partial charge in [0.25, 0.3) is 0 Å². The summed E-state index contributed by atoms with van der Waals surface area (Å²) in [4.78, 5) is 15.2. The predicted molar refractivity (Wildman–Crippen MR) is 87.1 cm³/mol. The highest BCUT2D eigenvalue weighted by Gasteiger charge is 2.36. The number of hydrogen-bond donors (Lipinski definition) is 0. The summed E-state index contributed by atoms with van der Waals surface area (Å²) < 4.78 is 5.60. The van der Waals surface area contributed by atoms with Gasteiger partial charge in [0.05, 0.1) is 12.6 Å². The number of nitrogens with zero attached hydrogens (tertiary/aromatic N) is 1. The topological polar surface area (TPSA) is 38.7 Å². The van der Waals surface area contributed by atoms with Gasteiger partial charge in [-0.1, -0.05) is 38.2 Å². The maximum Gasteiger partial charge on any atom is 0.235 e. The van der Waals surface area contributed by atoms with Crippen LogP contribution in [0.3, 0.4) is 0 Å². The van der Waals surface area contributed by atoms with Gasteiger partial charge in [0.15, 0.2) is 0 Å². The van der Waals surface area contributed by atoms with Crippen molar-refractivity contribution in [1.82, 2.24) is 0 Å². The molecule has 118 valence electrons. The number of hydrogen-bond acceptors (Lipinski definition) is 3. The monoisotopic (exact) mass is 299 g/mol. The normalized spacial score (nSPS) is 21.3. The van der Waals surface area contributed by atoms with Crippen molar-refractivity contribution < 1.29 is 9.53 Å². The van der Waals surface area contributed by atoms with E-state index in [1.54, 1.807) is 7.11 Å². The highest BCUT2D eigenvalue weighted by Crippen LogP contribution is 2.45. The van der Waals surface area contributed by atoms with Gasteiger partial charge in [-0.25, -0.2) is 4.79 Å². The molecule has 2 aliphatic carbocycles. The standard InChI is InChI=1S/C19H25NO2/c1-22-18-10-9-16(19(20-14-21)11-5-6-12-19)13-17(18)15-7-3-2-4-8-15/h9-10,13,15H,2-8,11-12H2,1H3. The van der Waals surface area contributed by atoms with Crippen molar-refractivity contribution in [3.8, 4) is 5.75 Å². The van der Waals surface area contributed by atoms with E-state index in [-0.39, 0.29) is 5.54 Å². The van der Waals surface area contributed by atoms with Gasteiger partial charge >= 0.3 is 0 Å². The Morgan fingerprint density at radius 1 is 1.14 bits per heavy atom. The SMILES string of the molecule is COc1ccc(C2(N=C=O)CCCC2)cc1C1CCCCC1. The summed E-state index contributed by atoms with van der Waals surface area (Å²) in [5.41, 5.74) is 2.15. The molecular formula is C19H25NO2. The molecule has 0 radical (unpaired) electrons. The zero-order valence-corrected chi connectivity index (χ0v) is 13.4. The summed E-state index contributed by atoms with van der Waals surface area (Å²) in [6, 6.07) is 6.43. The molecule has 2 saturated carbocycles. The fraction of sp³-hybridized carbons (Fsp3) is 0.632. The molecule has 0 heterocycles. The van der Waals surface area contributed by atoms with Gasteiger partial charge in [-0.05, 0) is 54.9 Å². The minimum Gasteiger partial charge on any atom is -0.496 e. The summed E-state index contributed by atoms with van der Waals surface area (Å²) in [6.45, 7) is 0. The van der Waals surface area contributed by atoms with Gasteiger partial charge in [-0.15, -0.1) is 0 Å². The van der Waals surface area contributed by atoms with Crippen LogP contribution in [0.4, 0.5) is 0 Å². The zero-order valence-electron chi connectivity index (χ0n) is 13.4. The molecule has 0 amide bonds. The van der Waals surface area contributed by atoms with Crippen molar-refractivity contribution in [3.63, 3.8) is 0 Å². The molecular weight excluding hydrogens is 274 g/mol. The minimum atomic E-state index is -0.336. The van der Waals surface area contributed by atoms with Crippen molar-refractivity contribution in [2.75, 3.05) is 7.11 Å². The number of rotatable bonds is 4. The lowest BCUT2D eigenvalue weighted by atomic mass is 9.80. The van der Waals surface area contributed by atoms with Crippen LogP contribution in [-0.2, 0) is 10.3 Å². The van der Waals surface area contributed by atoms with Crippen molar-refractivity contribution in [2.45, 2.75) is 69.2 Å². The van der Waals surface area contributed by atoms with Crippen LogP contribution < -0.4 is 4.74 Å². The van der Waals surface area contributed by atoms with Crippen LogP contribution in [0.5, 0.6) is 5.75 Å². The first kappa shape index (κ1) is 15.3. The molecule has 0 unspecified atom stereocenters. The second-order valence-corrected chi connectivity index (χ2v) is 6.73. The lowest BCUT2D eigenvalue weighted by molar-refractivity contribution is 0.384. The Balaban J connectivity index is 2.00. The van der Waals surface area contributed by atoms with E-state index in [4.69, 9.17) is 4.74 Å². The third kappa shape index (κ3) is 2.83. The van der Waals surface area contributed by atoms with E-state index < -0.39 is 0 Å². The molecule has 3 rings (SSSR count). The van der Waals surface area contributed by atoms with Crippen LogP contribution in [0.1, 0.15) is 74.8 Å². The van der Waals surface area contributed by atoms with E-state index in [1.165, 1.54) is 43.2 Å². The van der Waals surface area contributed by atoms with E-state index in [9.17, 15) is 4.79 Å². The molecule has 0 bridgehead atoms. The third-order valence-corrected chi connectivity index (χ3v) is 5.50. The Kier molecular flexibility index (Phi) is 4.63. The Bertz CT molecular complexity index is 563. The molecule has 22 heavy (non-hydrogen) atoms. The maximum atomic E-state index is 10.9. The van der Waals surface area contributed by atoms with Crippen molar-refractivity contribution >= 4 is 6.08 Å². The van der Waals surface area contributed by atoms with Crippen molar-refractivity contribution in [3.05, 3.63) is 29.3 Å². The van der Waals surface area contributed by atoms with Crippen molar-refractivity contribution in [2.24, 2.45) is 4.99 Å². The van der Waals surface area contributed by atoms with Gasteiger partial charge in [0.1, 0.15) is 5.75 Å². The average molecular weight is 299 g/mol. The quantitative estimate of drug-likeness (QED) is 0.589. The van der Waals surface area contributed by atoms with E-state index in [0.717, 1.165) is 31.4 Å². The fourth-order valence-corrected chi connectivity index (χ4v) is 4.27. The lowest BCUT2D eigenvalue weighted by Gasteiger charge is -2.28. The first-order valence-corrected chi connectivity index (χ1v) is 8.56. The second kappa shape index (κ2) is 6.66. The Hall–Kier alpha value is -1.60. The minimum absolute atomic E-state index is 0.336. The molecule has 0 aliphatic heterocycles. The summed E-state index contributed by atoms with van der Waals surface area (Å²) in [7, 11) is 1.75. The van der Waals surface area contributed by atoms with E-state index in [0.29, 0.717) is 5.92 Å². The average Bonchev–Trinajstić information content (AvgIpc) is 3.05. The number of benzene rings is 1. The highest BCUT2D eigenvalue weighted by atomic mass is 16.5. The number of isocyanates is 1. The van der Waals surface area contributed by atoms with Gasteiger partial charge in [-0.3, -0.25) is 0 Å². The molecule has 0 saturated heterocycles. The summed E-state index contributed by atoms with van der Waals surface area (Å²) in [6.07, 6.45) is 12.4. The van der Waals surface area contributed by atoms with E-state index in [2.05, 4.69) is 23.2 Å². The molecule has 0 spiro atoms. The van der Waals surface area contributed by atoms with E-state index in [1.807, 2.05) is 6.08 Å². The van der Waals surface area contributed by atoms with Crippen molar-refractivity contribution in [1.29, 1.82) is 0 Å². The molecule has 0 atom stereocenters. The van der Waals surface area contributed by atoms with Gasteiger partial charge in [0, 0.05) is 0 Å². The fourth-order valence-electron chi connectivity index (χ4n) is 4.27. The molecule has 1 aromatic rings. The van der Waals surface area contributed by atoms with Crippen LogP contribution in [0.25, 0.3) is 0 Å². The number of methoxy groups -OCH3 is 1. The number of ether oxygens (including phenoxy) is 1. The number of aliphatic imine (C=N–C) groups is 1. The number of carbonyl (C=O) groups excluding carboxylic acids is 1. The largest absolute Gasteiger partial charge is 0.496 e. The summed E-state index contributed by atoms with van der Waals surface area (Å²) in [5.74, 6) is 1.57. The third-order valence-electron chi connectivity index (χ3n) is 5.50. The van der Waals surface area contributed by atoms with Crippen LogP contribution in [0, 0.1) is 0 Å². The lowest BCUT2D eigenvalue weighted by Crippen LogP contribution is -2.19. The van der Waals surface area contributed by atoms with Crippen LogP contribution in [0.2, 0.25) is 0 Å². The van der Waals surface area contributed by atoms with Crippen LogP contribution in [0.15, 0.2) is 23.2 Å². The first-order chi connectivity index (χ1) is 10.8. The van der Waals surface area contributed by atoms with Gasteiger partial charge in [0.2, 0.25) is 6.08 Å². The summed E-state index contributed by atoms with van der Waals surface area (Å²) >= 11 is 0. The molecule has 2 fully saturated rings. The Morgan fingerprint density at radius 3 is 2.50 bits per heavy atom. The maximum absolute atomic E-state index is 10.9.